The van der Waals surface area contributed by atoms with Crippen LogP contribution in [-0.2, 0) is 0 Å². The minimum absolute atomic E-state index is 0.132. The second-order valence-electron chi connectivity index (χ2n) is 4.54. The molecule has 1 heterocycles. The SMILES string of the molecule is COc1ccc(C2Nc3ccc(C)cc3N2)cc1. The van der Waals surface area contributed by atoms with Crippen LogP contribution in [0.25, 0.3) is 0 Å². The fourth-order valence-corrected chi connectivity index (χ4v) is 2.21. The van der Waals surface area contributed by atoms with Crippen LogP contribution < -0.4 is 15.4 Å². The molecule has 0 saturated carbocycles. The molecule has 0 aromatic heterocycles. The van der Waals surface area contributed by atoms with Gasteiger partial charge in [-0.3, -0.25) is 0 Å². The Morgan fingerprint density at radius 2 is 1.67 bits per heavy atom. The molecule has 1 unspecified atom stereocenters. The van der Waals surface area contributed by atoms with E-state index in [1.807, 2.05) is 12.1 Å². The van der Waals surface area contributed by atoms with Crippen molar-refractivity contribution in [2.75, 3.05) is 17.7 Å². The molecular formula is C15H16N2O. The third-order valence-corrected chi connectivity index (χ3v) is 3.22. The number of hydrogen-bond acceptors (Lipinski definition) is 3. The summed E-state index contributed by atoms with van der Waals surface area (Å²) in [5.41, 5.74) is 4.78. The van der Waals surface area contributed by atoms with E-state index < -0.39 is 0 Å². The molecule has 3 heteroatoms. The molecule has 1 atom stereocenters. The molecule has 18 heavy (non-hydrogen) atoms. The van der Waals surface area contributed by atoms with E-state index in [2.05, 4.69) is 47.9 Å². The van der Waals surface area contributed by atoms with Gasteiger partial charge in [-0.25, -0.2) is 0 Å². The van der Waals surface area contributed by atoms with Crippen LogP contribution in [0.1, 0.15) is 17.3 Å². The highest BCUT2D eigenvalue weighted by molar-refractivity contribution is 5.75. The average molecular weight is 240 g/mol. The van der Waals surface area contributed by atoms with Crippen molar-refractivity contribution in [2.24, 2.45) is 0 Å². The first-order valence-electron chi connectivity index (χ1n) is 6.04. The van der Waals surface area contributed by atoms with E-state index in [0.717, 1.165) is 17.1 Å². The Balaban J connectivity index is 1.84. The van der Waals surface area contributed by atoms with E-state index in [-0.39, 0.29) is 6.17 Å². The zero-order chi connectivity index (χ0) is 12.5. The molecule has 0 saturated heterocycles. The summed E-state index contributed by atoms with van der Waals surface area (Å²) in [4.78, 5) is 0. The van der Waals surface area contributed by atoms with Gasteiger partial charge < -0.3 is 15.4 Å². The molecule has 1 aliphatic heterocycles. The maximum atomic E-state index is 5.17. The van der Waals surface area contributed by atoms with Crippen LogP contribution in [-0.4, -0.2) is 7.11 Å². The lowest BCUT2D eigenvalue weighted by atomic mass is 10.2. The average Bonchev–Trinajstić information content (AvgIpc) is 2.81. The Bertz CT molecular complexity index is 563. The van der Waals surface area contributed by atoms with Gasteiger partial charge in [0, 0.05) is 0 Å². The van der Waals surface area contributed by atoms with Crippen LogP contribution in [0.3, 0.4) is 0 Å². The number of methoxy groups -OCH3 is 1. The van der Waals surface area contributed by atoms with Crippen molar-refractivity contribution in [3.8, 4) is 5.75 Å². The van der Waals surface area contributed by atoms with Gasteiger partial charge in [-0.05, 0) is 42.3 Å². The highest BCUT2D eigenvalue weighted by atomic mass is 16.5. The topological polar surface area (TPSA) is 33.3 Å². The van der Waals surface area contributed by atoms with Gasteiger partial charge in [0.15, 0.2) is 0 Å². The molecule has 2 N–H and O–H groups in total. The Morgan fingerprint density at radius 1 is 0.944 bits per heavy atom. The van der Waals surface area contributed by atoms with Crippen LogP contribution in [0.4, 0.5) is 11.4 Å². The van der Waals surface area contributed by atoms with E-state index in [0.29, 0.717) is 0 Å². The predicted molar refractivity (Wildman–Crippen MR) is 74.2 cm³/mol. The molecule has 2 aromatic rings. The fraction of sp³-hybridized carbons (Fsp3) is 0.200. The molecule has 0 bridgehead atoms. The van der Waals surface area contributed by atoms with Crippen molar-refractivity contribution in [1.29, 1.82) is 0 Å². The number of fused-ring (bicyclic) bond motifs is 1. The second kappa shape index (κ2) is 4.26. The van der Waals surface area contributed by atoms with Crippen LogP contribution in [0.5, 0.6) is 5.75 Å². The standard InChI is InChI=1S/C15H16N2O/c1-10-3-8-13-14(9-10)17-15(16-13)11-4-6-12(18-2)7-5-11/h3-9,15-17H,1-2H3. The number of aryl methyl sites for hydroxylation is 1. The lowest BCUT2D eigenvalue weighted by Crippen LogP contribution is -2.11. The van der Waals surface area contributed by atoms with E-state index in [4.69, 9.17) is 4.74 Å². The smallest absolute Gasteiger partial charge is 0.123 e. The van der Waals surface area contributed by atoms with Gasteiger partial charge in [0.2, 0.25) is 0 Å². The Labute approximate surface area is 107 Å². The lowest BCUT2D eigenvalue weighted by molar-refractivity contribution is 0.414. The van der Waals surface area contributed by atoms with Gasteiger partial charge in [-0.1, -0.05) is 18.2 Å². The number of benzene rings is 2. The third-order valence-electron chi connectivity index (χ3n) is 3.22. The molecule has 3 nitrogen and oxygen atoms in total. The zero-order valence-corrected chi connectivity index (χ0v) is 10.5. The van der Waals surface area contributed by atoms with E-state index >= 15 is 0 Å². The van der Waals surface area contributed by atoms with Gasteiger partial charge in [0.1, 0.15) is 11.9 Å². The number of hydrogen-bond donors (Lipinski definition) is 2. The number of anilines is 2. The van der Waals surface area contributed by atoms with Crippen LogP contribution >= 0.6 is 0 Å². The van der Waals surface area contributed by atoms with Gasteiger partial charge in [0.05, 0.1) is 18.5 Å². The first-order chi connectivity index (χ1) is 8.76. The van der Waals surface area contributed by atoms with E-state index in [9.17, 15) is 0 Å². The molecule has 92 valence electrons. The zero-order valence-electron chi connectivity index (χ0n) is 10.5. The molecule has 0 radical (unpaired) electrons. The summed E-state index contributed by atoms with van der Waals surface area (Å²) in [7, 11) is 1.68. The molecule has 0 amide bonds. The molecular weight excluding hydrogens is 224 g/mol. The van der Waals surface area contributed by atoms with Crippen LogP contribution in [0.15, 0.2) is 42.5 Å². The largest absolute Gasteiger partial charge is 0.497 e. The molecule has 1 aliphatic rings. The van der Waals surface area contributed by atoms with Crippen molar-refractivity contribution in [1.82, 2.24) is 0 Å². The first-order valence-corrected chi connectivity index (χ1v) is 6.04. The maximum Gasteiger partial charge on any atom is 0.123 e. The summed E-state index contributed by atoms with van der Waals surface area (Å²) in [6.07, 6.45) is 0.132. The van der Waals surface area contributed by atoms with Gasteiger partial charge in [-0.15, -0.1) is 0 Å². The number of rotatable bonds is 2. The normalized spacial score (nSPS) is 16.7. The minimum Gasteiger partial charge on any atom is -0.497 e. The second-order valence-corrected chi connectivity index (χ2v) is 4.54. The summed E-state index contributed by atoms with van der Waals surface area (Å²) in [6, 6.07) is 14.5. The van der Waals surface area contributed by atoms with E-state index in [1.165, 1.54) is 11.1 Å². The van der Waals surface area contributed by atoms with Crippen molar-refractivity contribution in [3.05, 3.63) is 53.6 Å². The number of nitrogens with one attached hydrogen (secondary N) is 2. The van der Waals surface area contributed by atoms with Crippen LogP contribution in [0.2, 0.25) is 0 Å². The Kier molecular flexibility index (Phi) is 2.59. The summed E-state index contributed by atoms with van der Waals surface area (Å²) in [5, 5.41) is 6.94. The third kappa shape index (κ3) is 1.88. The van der Waals surface area contributed by atoms with Crippen molar-refractivity contribution >= 4 is 11.4 Å². The van der Waals surface area contributed by atoms with Crippen molar-refractivity contribution in [3.63, 3.8) is 0 Å². The fourth-order valence-electron chi connectivity index (χ4n) is 2.21. The molecule has 0 aliphatic carbocycles. The Morgan fingerprint density at radius 3 is 2.39 bits per heavy atom. The maximum absolute atomic E-state index is 5.17. The Hall–Kier alpha value is -2.16. The number of ether oxygens (including phenoxy) is 1. The van der Waals surface area contributed by atoms with Gasteiger partial charge in [0.25, 0.3) is 0 Å². The summed E-state index contributed by atoms with van der Waals surface area (Å²) < 4.78 is 5.17. The highest BCUT2D eigenvalue weighted by Gasteiger charge is 2.20. The van der Waals surface area contributed by atoms with Gasteiger partial charge in [-0.2, -0.15) is 0 Å². The predicted octanol–water partition coefficient (Wildman–Crippen LogP) is 3.54. The molecule has 2 aromatic carbocycles. The summed E-state index contributed by atoms with van der Waals surface area (Å²) >= 11 is 0. The quantitative estimate of drug-likeness (QED) is 0.842. The first kappa shape index (κ1) is 11.0. The summed E-state index contributed by atoms with van der Waals surface area (Å²) in [6.45, 7) is 2.10. The monoisotopic (exact) mass is 240 g/mol. The molecule has 3 rings (SSSR count). The van der Waals surface area contributed by atoms with Crippen LogP contribution in [0, 0.1) is 6.92 Å². The van der Waals surface area contributed by atoms with Gasteiger partial charge >= 0.3 is 0 Å². The van der Waals surface area contributed by atoms with E-state index in [1.54, 1.807) is 7.11 Å². The van der Waals surface area contributed by atoms with Crippen molar-refractivity contribution < 1.29 is 4.74 Å². The molecule has 0 spiro atoms. The summed E-state index contributed by atoms with van der Waals surface area (Å²) in [5.74, 6) is 0.880. The van der Waals surface area contributed by atoms with Crippen molar-refractivity contribution in [2.45, 2.75) is 13.1 Å². The minimum atomic E-state index is 0.132. The highest BCUT2D eigenvalue weighted by Crippen LogP contribution is 2.35. The molecule has 0 fully saturated rings. The lowest BCUT2D eigenvalue weighted by Gasteiger charge is -2.13.